The SMILES string of the molecule is Cc1cccc(Nc2nc(N3CCCCC3CN)nc3c2CNC3)c1. The largest absolute Gasteiger partial charge is 0.340 e. The van der Waals surface area contributed by atoms with Crippen molar-refractivity contribution in [3.8, 4) is 0 Å². The van der Waals surface area contributed by atoms with Crippen LogP contribution in [0.5, 0.6) is 0 Å². The van der Waals surface area contributed by atoms with Gasteiger partial charge in [0.25, 0.3) is 0 Å². The van der Waals surface area contributed by atoms with E-state index in [9.17, 15) is 0 Å². The molecule has 0 amide bonds. The van der Waals surface area contributed by atoms with Gasteiger partial charge in [-0.1, -0.05) is 12.1 Å². The van der Waals surface area contributed by atoms with Gasteiger partial charge in [-0.15, -0.1) is 0 Å². The number of fused-ring (bicyclic) bond motifs is 1. The number of rotatable bonds is 4. The minimum atomic E-state index is 0.341. The van der Waals surface area contributed by atoms with Crippen molar-refractivity contribution in [1.82, 2.24) is 15.3 Å². The molecule has 132 valence electrons. The van der Waals surface area contributed by atoms with Gasteiger partial charge in [0, 0.05) is 43.5 Å². The summed E-state index contributed by atoms with van der Waals surface area (Å²) in [5.74, 6) is 1.73. The minimum absolute atomic E-state index is 0.341. The third-order valence-electron chi connectivity index (χ3n) is 5.11. The van der Waals surface area contributed by atoms with E-state index in [2.05, 4.69) is 46.7 Å². The average Bonchev–Trinajstić information content (AvgIpc) is 3.10. The van der Waals surface area contributed by atoms with Crippen LogP contribution in [-0.4, -0.2) is 29.1 Å². The highest BCUT2D eigenvalue weighted by Gasteiger charge is 2.27. The first-order valence-corrected chi connectivity index (χ1v) is 9.15. The van der Waals surface area contributed by atoms with Crippen LogP contribution in [-0.2, 0) is 13.1 Å². The number of benzene rings is 1. The molecule has 25 heavy (non-hydrogen) atoms. The Bertz CT molecular complexity index is 760. The second kappa shape index (κ2) is 6.98. The Hall–Kier alpha value is -2.18. The Balaban J connectivity index is 1.70. The van der Waals surface area contributed by atoms with Crippen LogP contribution in [0.25, 0.3) is 0 Å². The molecule has 3 heterocycles. The highest BCUT2D eigenvalue weighted by Crippen LogP contribution is 2.29. The van der Waals surface area contributed by atoms with Crippen LogP contribution in [0.1, 0.15) is 36.1 Å². The van der Waals surface area contributed by atoms with Gasteiger partial charge in [-0.05, 0) is 43.9 Å². The molecule has 2 aromatic rings. The van der Waals surface area contributed by atoms with Crippen LogP contribution >= 0.6 is 0 Å². The molecule has 0 bridgehead atoms. The maximum Gasteiger partial charge on any atom is 0.227 e. The van der Waals surface area contributed by atoms with E-state index in [4.69, 9.17) is 15.7 Å². The molecule has 6 heteroatoms. The zero-order chi connectivity index (χ0) is 17.2. The van der Waals surface area contributed by atoms with Gasteiger partial charge in [-0.2, -0.15) is 4.98 Å². The molecule has 1 atom stereocenters. The fourth-order valence-electron chi connectivity index (χ4n) is 3.76. The zero-order valence-corrected chi connectivity index (χ0v) is 14.8. The molecule has 4 rings (SSSR count). The Labute approximate surface area is 148 Å². The molecule has 1 saturated heterocycles. The first-order valence-electron chi connectivity index (χ1n) is 9.15. The van der Waals surface area contributed by atoms with Crippen LogP contribution < -0.4 is 21.3 Å². The average molecular weight is 338 g/mol. The number of aromatic nitrogens is 2. The fourth-order valence-corrected chi connectivity index (χ4v) is 3.76. The number of nitrogens with zero attached hydrogens (tertiary/aromatic N) is 3. The molecule has 1 aromatic carbocycles. The van der Waals surface area contributed by atoms with Gasteiger partial charge in [-0.25, -0.2) is 4.98 Å². The summed E-state index contributed by atoms with van der Waals surface area (Å²) in [6.45, 7) is 5.35. The van der Waals surface area contributed by atoms with E-state index >= 15 is 0 Å². The molecule has 1 aromatic heterocycles. The molecule has 1 unspecified atom stereocenters. The standard InChI is InChI=1S/C19H26N6/c1-13-5-4-6-14(9-13)22-18-16-11-21-12-17(16)23-19(24-18)25-8-3-2-7-15(25)10-20/h4-6,9,15,21H,2-3,7-8,10-12,20H2,1H3,(H,22,23,24). The Morgan fingerprint density at radius 1 is 1.28 bits per heavy atom. The van der Waals surface area contributed by atoms with E-state index in [-0.39, 0.29) is 0 Å². The molecular weight excluding hydrogens is 312 g/mol. The second-order valence-corrected chi connectivity index (χ2v) is 6.97. The maximum atomic E-state index is 6.00. The van der Waals surface area contributed by atoms with Gasteiger partial charge in [0.2, 0.25) is 5.95 Å². The normalized spacial score (nSPS) is 19.8. The molecule has 6 nitrogen and oxygen atoms in total. The minimum Gasteiger partial charge on any atom is -0.340 e. The molecule has 2 aliphatic rings. The van der Waals surface area contributed by atoms with E-state index in [0.29, 0.717) is 12.6 Å². The topological polar surface area (TPSA) is 79.1 Å². The number of piperidine rings is 1. The van der Waals surface area contributed by atoms with E-state index in [1.54, 1.807) is 0 Å². The number of anilines is 3. The summed E-state index contributed by atoms with van der Waals surface area (Å²) in [5.41, 5.74) is 10.6. The van der Waals surface area contributed by atoms with E-state index < -0.39 is 0 Å². The Morgan fingerprint density at radius 2 is 2.20 bits per heavy atom. The van der Waals surface area contributed by atoms with Crippen LogP contribution in [0.2, 0.25) is 0 Å². The lowest BCUT2D eigenvalue weighted by molar-refractivity contribution is 0.458. The van der Waals surface area contributed by atoms with Crippen molar-refractivity contribution in [2.24, 2.45) is 5.73 Å². The fraction of sp³-hybridized carbons (Fsp3) is 0.474. The first-order chi connectivity index (χ1) is 12.2. The summed E-state index contributed by atoms with van der Waals surface area (Å²) in [6.07, 6.45) is 3.53. The summed E-state index contributed by atoms with van der Waals surface area (Å²) < 4.78 is 0. The molecular formula is C19H26N6. The van der Waals surface area contributed by atoms with Gasteiger partial charge in [0.1, 0.15) is 5.82 Å². The maximum absolute atomic E-state index is 6.00. The van der Waals surface area contributed by atoms with E-state index in [0.717, 1.165) is 49.2 Å². The molecule has 0 radical (unpaired) electrons. The third kappa shape index (κ3) is 3.32. The second-order valence-electron chi connectivity index (χ2n) is 6.97. The lowest BCUT2D eigenvalue weighted by atomic mass is 10.0. The van der Waals surface area contributed by atoms with Crippen molar-refractivity contribution >= 4 is 17.5 Å². The van der Waals surface area contributed by atoms with Gasteiger partial charge < -0.3 is 21.3 Å². The molecule has 0 aliphatic carbocycles. The quantitative estimate of drug-likeness (QED) is 0.795. The van der Waals surface area contributed by atoms with Crippen molar-refractivity contribution in [3.63, 3.8) is 0 Å². The zero-order valence-electron chi connectivity index (χ0n) is 14.8. The predicted molar refractivity (Wildman–Crippen MR) is 101 cm³/mol. The van der Waals surface area contributed by atoms with Gasteiger partial charge in [0.15, 0.2) is 0 Å². The third-order valence-corrected chi connectivity index (χ3v) is 5.11. The summed E-state index contributed by atoms with van der Waals surface area (Å²) in [6, 6.07) is 8.72. The predicted octanol–water partition coefficient (Wildman–Crippen LogP) is 2.45. The number of hydrogen-bond acceptors (Lipinski definition) is 6. The molecule has 1 fully saturated rings. The van der Waals surface area contributed by atoms with Crippen molar-refractivity contribution in [3.05, 3.63) is 41.1 Å². The molecule has 4 N–H and O–H groups in total. The number of nitrogens with one attached hydrogen (secondary N) is 2. The van der Waals surface area contributed by atoms with E-state index in [1.807, 2.05) is 0 Å². The van der Waals surface area contributed by atoms with Crippen molar-refractivity contribution < 1.29 is 0 Å². The van der Waals surface area contributed by atoms with Crippen LogP contribution in [0.3, 0.4) is 0 Å². The van der Waals surface area contributed by atoms with Gasteiger partial charge >= 0.3 is 0 Å². The number of aryl methyl sites for hydroxylation is 1. The summed E-state index contributed by atoms with van der Waals surface area (Å²) in [7, 11) is 0. The summed E-state index contributed by atoms with van der Waals surface area (Å²) in [4.78, 5) is 12.0. The van der Waals surface area contributed by atoms with Crippen LogP contribution in [0.15, 0.2) is 24.3 Å². The Kier molecular flexibility index (Phi) is 4.55. The number of nitrogens with two attached hydrogens (primary N) is 1. The van der Waals surface area contributed by atoms with Gasteiger partial charge in [-0.3, -0.25) is 0 Å². The van der Waals surface area contributed by atoms with Crippen LogP contribution in [0.4, 0.5) is 17.5 Å². The summed E-state index contributed by atoms with van der Waals surface area (Å²) in [5, 5.41) is 6.90. The summed E-state index contributed by atoms with van der Waals surface area (Å²) >= 11 is 0. The number of hydrogen-bond donors (Lipinski definition) is 3. The van der Waals surface area contributed by atoms with Crippen LogP contribution in [0, 0.1) is 6.92 Å². The highest BCUT2D eigenvalue weighted by atomic mass is 15.3. The monoisotopic (exact) mass is 338 g/mol. The molecule has 2 aliphatic heterocycles. The van der Waals surface area contributed by atoms with Gasteiger partial charge in [0.05, 0.1) is 5.69 Å². The highest BCUT2D eigenvalue weighted by molar-refractivity contribution is 5.63. The lowest BCUT2D eigenvalue weighted by Gasteiger charge is -2.35. The molecule has 0 spiro atoms. The van der Waals surface area contributed by atoms with Crippen molar-refractivity contribution in [2.45, 2.75) is 45.3 Å². The van der Waals surface area contributed by atoms with Crippen molar-refractivity contribution in [2.75, 3.05) is 23.3 Å². The van der Waals surface area contributed by atoms with Crippen molar-refractivity contribution in [1.29, 1.82) is 0 Å². The smallest absolute Gasteiger partial charge is 0.227 e. The van der Waals surface area contributed by atoms with E-state index in [1.165, 1.54) is 24.0 Å². The first kappa shape index (κ1) is 16.3. The Morgan fingerprint density at radius 3 is 3.04 bits per heavy atom. The molecule has 0 saturated carbocycles. The lowest BCUT2D eigenvalue weighted by Crippen LogP contribution is -2.45.